The van der Waals surface area contributed by atoms with Crippen molar-refractivity contribution in [3.8, 4) is 0 Å². The number of rotatable bonds is 4. The first kappa shape index (κ1) is 10.6. The van der Waals surface area contributed by atoms with E-state index in [0.29, 0.717) is 6.42 Å². The fraction of sp³-hybridized carbons (Fsp3) is 0.857. The van der Waals surface area contributed by atoms with Gasteiger partial charge in [0.05, 0.1) is 5.38 Å². The van der Waals surface area contributed by atoms with Gasteiger partial charge in [-0.2, -0.15) is 0 Å². The zero-order chi connectivity index (χ0) is 8.85. The fourth-order valence-electron chi connectivity index (χ4n) is 0.796. The summed E-state index contributed by atoms with van der Waals surface area (Å²) in [5.41, 5.74) is 0. The molecule has 0 amide bonds. The molecule has 0 aliphatic heterocycles. The van der Waals surface area contributed by atoms with Gasteiger partial charge in [0.2, 0.25) is 0 Å². The predicted molar refractivity (Wildman–Crippen MR) is 43.1 cm³/mol. The molecule has 2 atom stereocenters. The molecule has 0 bridgehead atoms. The average molecular weight is 181 g/mol. The Bertz CT molecular complexity index is 125. The smallest absolute Gasteiger partial charge is 0.450 e. The topological polar surface area (TPSA) is 46.5 Å². The van der Waals surface area contributed by atoms with E-state index in [1.807, 2.05) is 6.92 Å². The van der Waals surface area contributed by atoms with E-state index in [1.54, 1.807) is 6.92 Å². The molecule has 0 aliphatic carbocycles. The molecule has 4 heteroatoms. The van der Waals surface area contributed by atoms with Gasteiger partial charge in [0.25, 0.3) is 0 Å². The van der Waals surface area contributed by atoms with Crippen molar-refractivity contribution in [3.63, 3.8) is 0 Å². The first-order chi connectivity index (χ1) is 5.07. The Balaban J connectivity index is 3.79. The third-order valence-corrected chi connectivity index (χ3v) is 1.62. The van der Waals surface area contributed by atoms with Crippen LogP contribution in [0.15, 0.2) is 0 Å². The zero-order valence-electron chi connectivity index (χ0n) is 6.71. The van der Waals surface area contributed by atoms with E-state index in [1.165, 1.54) is 0 Å². The van der Waals surface area contributed by atoms with Gasteiger partial charge in [-0.25, -0.2) is 4.79 Å². The zero-order valence-corrected chi connectivity index (χ0v) is 7.47. The van der Waals surface area contributed by atoms with Gasteiger partial charge in [0.1, 0.15) is 6.10 Å². The van der Waals surface area contributed by atoms with Crippen molar-refractivity contribution in [3.05, 3.63) is 0 Å². The molecule has 0 saturated carbocycles. The molecular formula is C7H13ClO3. The Morgan fingerprint density at radius 3 is 2.55 bits per heavy atom. The van der Waals surface area contributed by atoms with Gasteiger partial charge < -0.3 is 9.84 Å². The first-order valence-corrected chi connectivity index (χ1v) is 4.05. The summed E-state index contributed by atoms with van der Waals surface area (Å²) < 4.78 is 4.54. The van der Waals surface area contributed by atoms with Crippen LogP contribution in [0.5, 0.6) is 0 Å². The number of ether oxygens (including phenoxy) is 1. The molecule has 0 rings (SSSR count). The monoisotopic (exact) mass is 180 g/mol. The summed E-state index contributed by atoms with van der Waals surface area (Å²) in [5, 5.41) is 8.02. The minimum Gasteiger partial charge on any atom is -0.450 e. The molecule has 0 heterocycles. The van der Waals surface area contributed by atoms with Gasteiger partial charge in [-0.3, -0.25) is 0 Å². The van der Waals surface area contributed by atoms with Crippen molar-refractivity contribution in [2.24, 2.45) is 0 Å². The van der Waals surface area contributed by atoms with Crippen LogP contribution in [0.25, 0.3) is 0 Å². The summed E-state index contributed by atoms with van der Waals surface area (Å²) >= 11 is 5.68. The predicted octanol–water partition coefficient (Wildman–Crippen LogP) is 2.48. The van der Waals surface area contributed by atoms with Crippen molar-refractivity contribution in [1.82, 2.24) is 0 Å². The van der Waals surface area contributed by atoms with Gasteiger partial charge in [-0.05, 0) is 13.3 Å². The molecular weight excluding hydrogens is 168 g/mol. The number of carboxylic acid groups (broad SMARTS) is 1. The van der Waals surface area contributed by atoms with Crippen LogP contribution in [0.3, 0.4) is 0 Å². The Labute approximate surface area is 71.3 Å². The third kappa shape index (κ3) is 4.90. The third-order valence-electron chi connectivity index (χ3n) is 1.34. The van der Waals surface area contributed by atoms with Crippen LogP contribution in [0.1, 0.15) is 26.7 Å². The van der Waals surface area contributed by atoms with Crippen LogP contribution < -0.4 is 0 Å². The molecule has 3 nitrogen and oxygen atoms in total. The molecule has 0 spiro atoms. The van der Waals surface area contributed by atoms with Gasteiger partial charge in [-0.15, -0.1) is 11.6 Å². The summed E-state index contributed by atoms with van der Waals surface area (Å²) in [7, 11) is 0. The first-order valence-electron chi connectivity index (χ1n) is 3.61. The molecule has 0 aromatic rings. The van der Waals surface area contributed by atoms with Gasteiger partial charge in [0.15, 0.2) is 0 Å². The van der Waals surface area contributed by atoms with Crippen molar-refractivity contribution >= 4 is 17.8 Å². The maximum absolute atomic E-state index is 10.1. The van der Waals surface area contributed by atoms with Crippen LogP contribution in [0.2, 0.25) is 0 Å². The summed E-state index contributed by atoms with van der Waals surface area (Å²) in [5.74, 6) is 0. The number of alkyl halides is 1. The second-order valence-electron chi connectivity index (χ2n) is 2.39. The minimum absolute atomic E-state index is 0.258. The maximum atomic E-state index is 10.1. The molecule has 66 valence electrons. The highest BCUT2D eigenvalue weighted by molar-refractivity contribution is 6.20. The van der Waals surface area contributed by atoms with Crippen LogP contribution >= 0.6 is 11.6 Å². The Hall–Kier alpha value is -0.440. The molecule has 0 fully saturated rings. The second-order valence-corrected chi connectivity index (χ2v) is 3.08. The summed E-state index contributed by atoms with van der Waals surface area (Å²) in [6.07, 6.45) is -0.0819. The van der Waals surface area contributed by atoms with E-state index in [4.69, 9.17) is 16.7 Å². The molecule has 2 unspecified atom stereocenters. The normalized spacial score (nSPS) is 15.5. The van der Waals surface area contributed by atoms with Crippen molar-refractivity contribution in [1.29, 1.82) is 0 Å². The highest BCUT2D eigenvalue weighted by atomic mass is 35.5. The number of halogens is 1. The molecule has 0 radical (unpaired) electrons. The summed E-state index contributed by atoms with van der Waals surface area (Å²) in [6.45, 7) is 3.68. The van der Waals surface area contributed by atoms with Crippen LogP contribution in [0, 0.1) is 0 Å². The molecule has 11 heavy (non-hydrogen) atoms. The van der Waals surface area contributed by atoms with E-state index >= 15 is 0 Å². The Morgan fingerprint density at radius 2 is 2.27 bits per heavy atom. The lowest BCUT2D eigenvalue weighted by atomic mass is 10.1. The molecule has 1 N–H and O–H groups in total. The standard InChI is InChI=1S/C7H13ClO3/c1-3-4-6(5(2)8)11-7(9)10/h5-6H,3-4H2,1-2H3,(H,9,10). The average Bonchev–Trinajstić information content (AvgIpc) is 1.86. The lowest BCUT2D eigenvalue weighted by Gasteiger charge is -2.16. The number of hydrogen-bond donors (Lipinski definition) is 1. The Kier molecular flexibility index (Phi) is 5.03. The minimum atomic E-state index is -1.25. The lowest BCUT2D eigenvalue weighted by Crippen LogP contribution is -2.24. The largest absolute Gasteiger partial charge is 0.506 e. The van der Waals surface area contributed by atoms with Crippen molar-refractivity contribution < 1.29 is 14.6 Å². The van der Waals surface area contributed by atoms with E-state index < -0.39 is 6.16 Å². The molecule has 0 aromatic carbocycles. The molecule has 0 aromatic heterocycles. The fourth-order valence-corrected chi connectivity index (χ4v) is 0.974. The maximum Gasteiger partial charge on any atom is 0.506 e. The highest BCUT2D eigenvalue weighted by Gasteiger charge is 2.17. The van der Waals surface area contributed by atoms with E-state index in [9.17, 15) is 4.79 Å². The SMILES string of the molecule is CCCC(OC(=O)O)C(C)Cl. The van der Waals surface area contributed by atoms with Crippen LogP contribution in [-0.2, 0) is 4.74 Å². The number of hydrogen-bond acceptors (Lipinski definition) is 2. The lowest BCUT2D eigenvalue weighted by molar-refractivity contribution is 0.0478. The van der Waals surface area contributed by atoms with Crippen LogP contribution in [0.4, 0.5) is 4.79 Å². The molecule has 0 saturated heterocycles. The van der Waals surface area contributed by atoms with Gasteiger partial charge in [0, 0.05) is 0 Å². The highest BCUT2D eigenvalue weighted by Crippen LogP contribution is 2.12. The molecule has 0 aliphatic rings. The van der Waals surface area contributed by atoms with Crippen molar-refractivity contribution in [2.45, 2.75) is 38.2 Å². The van der Waals surface area contributed by atoms with E-state index in [-0.39, 0.29) is 11.5 Å². The van der Waals surface area contributed by atoms with E-state index in [2.05, 4.69) is 4.74 Å². The Morgan fingerprint density at radius 1 is 1.73 bits per heavy atom. The van der Waals surface area contributed by atoms with Gasteiger partial charge in [-0.1, -0.05) is 13.3 Å². The summed E-state index contributed by atoms with van der Waals surface area (Å²) in [6, 6.07) is 0. The number of carbonyl (C=O) groups is 1. The van der Waals surface area contributed by atoms with Crippen molar-refractivity contribution in [2.75, 3.05) is 0 Å². The van der Waals surface area contributed by atoms with Gasteiger partial charge >= 0.3 is 6.16 Å². The van der Waals surface area contributed by atoms with Crippen LogP contribution in [-0.4, -0.2) is 22.7 Å². The summed E-state index contributed by atoms with van der Waals surface area (Å²) in [4.78, 5) is 10.1. The van der Waals surface area contributed by atoms with E-state index in [0.717, 1.165) is 6.42 Å². The second kappa shape index (κ2) is 5.24. The quantitative estimate of drug-likeness (QED) is 0.534.